The highest BCUT2D eigenvalue weighted by Gasteiger charge is 2.18. The Morgan fingerprint density at radius 2 is 1.75 bits per heavy atom. The van der Waals surface area contributed by atoms with E-state index in [9.17, 15) is 14.0 Å². The zero-order chi connectivity index (χ0) is 20.3. The third kappa shape index (κ3) is 4.31. The van der Waals surface area contributed by atoms with Gasteiger partial charge in [0.15, 0.2) is 6.67 Å². The lowest BCUT2D eigenvalue weighted by molar-refractivity contribution is -0.117. The van der Waals surface area contributed by atoms with E-state index in [1.807, 2.05) is 32.0 Å². The van der Waals surface area contributed by atoms with Crippen molar-refractivity contribution in [2.75, 3.05) is 12.0 Å². The van der Waals surface area contributed by atoms with Gasteiger partial charge in [-0.05, 0) is 60.5 Å². The first kappa shape index (κ1) is 19.8. The third-order valence-electron chi connectivity index (χ3n) is 4.65. The van der Waals surface area contributed by atoms with Crippen molar-refractivity contribution in [3.8, 4) is 0 Å². The van der Waals surface area contributed by atoms with Crippen molar-refractivity contribution in [2.45, 2.75) is 19.8 Å². The number of benzene rings is 2. The molecule has 0 saturated heterocycles. The summed E-state index contributed by atoms with van der Waals surface area (Å²) in [5.41, 5.74) is 4.45. The molecule has 0 spiro atoms. The minimum absolute atomic E-state index is 0.0106. The Morgan fingerprint density at radius 1 is 1.11 bits per heavy atom. The second-order valence-corrected chi connectivity index (χ2v) is 7.08. The monoisotopic (exact) mass is 398 g/mol. The number of aromatic amines is 1. The molecule has 0 radical (unpaired) electrons. The molecule has 1 unspecified atom stereocenters. The Morgan fingerprint density at radius 3 is 2.36 bits per heavy atom. The van der Waals surface area contributed by atoms with E-state index >= 15 is 0 Å². The van der Waals surface area contributed by atoms with E-state index < -0.39 is 12.6 Å². The predicted octanol–water partition coefficient (Wildman–Crippen LogP) is 5.27. The first-order valence-corrected chi connectivity index (χ1v) is 9.22. The van der Waals surface area contributed by atoms with Crippen LogP contribution < -0.4 is 5.32 Å². The molecule has 2 aromatic carbocycles. The molecule has 4 nitrogen and oxygen atoms in total. The molecule has 1 heterocycles. The quantitative estimate of drug-likeness (QED) is 0.556. The molecule has 2 N–H and O–H groups in total. The van der Waals surface area contributed by atoms with Gasteiger partial charge in [-0.1, -0.05) is 30.7 Å². The standard InChI is InChI=1S/C22H20ClFN2O2/c1-13-11-19(26-21(13)22(28)16-3-7-17(23)8-4-16)14(2)15-5-9-18(10-6-15)25-20(27)12-24/h3-11,14,26H,12H2,1-2H3,(H,25,27). The maximum absolute atomic E-state index is 12.8. The summed E-state index contributed by atoms with van der Waals surface area (Å²) in [6.07, 6.45) is 0. The average molecular weight is 399 g/mol. The van der Waals surface area contributed by atoms with Gasteiger partial charge in [0.25, 0.3) is 5.91 Å². The number of hydrogen-bond donors (Lipinski definition) is 2. The van der Waals surface area contributed by atoms with E-state index in [1.54, 1.807) is 36.4 Å². The number of rotatable bonds is 6. The lowest BCUT2D eigenvalue weighted by Gasteiger charge is -2.11. The SMILES string of the molecule is Cc1cc(C(C)c2ccc(NC(=O)CF)cc2)[nH]c1C(=O)c1ccc(Cl)cc1. The molecule has 0 bridgehead atoms. The molecule has 0 aliphatic heterocycles. The summed E-state index contributed by atoms with van der Waals surface area (Å²) >= 11 is 5.89. The molecular weight excluding hydrogens is 379 g/mol. The topological polar surface area (TPSA) is 62.0 Å². The van der Waals surface area contributed by atoms with Gasteiger partial charge in [0.2, 0.25) is 5.78 Å². The highest BCUT2D eigenvalue weighted by atomic mass is 35.5. The van der Waals surface area contributed by atoms with Gasteiger partial charge in [-0.3, -0.25) is 9.59 Å². The summed E-state index contributed by atoms with van der Waals surface area (Å²) in [6.45, 7) is 2.87. The average Bonchev–Trinajstić information content (AvgIpc) is 3.09. The summed E-state index contributed by atoms with van der Waals surface area (Å²) in [5, 5.41) is 3.06. The van der Waals surface area contributed by atoms with E-state index in [0.717, 1.165) is 16.8 Å². The second kappa shape index (κ2) is 8.40. The Hall–Kier alpha value is -2.92. The summed E-state index contributed by atoms with van der Waals surface area (Å²) < 4.78 is 12.3. The number of nitrogens with one attached hydrogen (secondary N) is 2. The molecule has 28 heavy (non-hydrogen) atoms. The predicted molar refractivity (Wildman–Crippen MR) is 109 cm³/mol. The maximum atomic E-state index is 12.8. The molecule has 0 fully saturated rings. The number of H-pyrrole nitrogens is 1. The number of carbonyl (C=O) groups excluding carboxylic acids is 2. The van der Waals surface area contributed by atoms with Crippen molar-refractivity contribution in [1.29, 1.82) is 0 Å². The molecule has 1 aromatic heterocycles. The number of anilines is 1. The maximum Gasteiger partial charge on any atom is 0.255 e. The smallest absolute Gasteiger partial charge is 0.255 e. The largest absolute Gasteiger partial charge is 0.355 e. The van der Waals surface area contributed by atoms with Crippen LogP contribution in [0.25, 0.3) is 0 Å². The van der Waals surface area contributed by atoms with Crippen LogP contribution in [0.15, 0.2) is 54.6 Å². The van der Waals surface area contributed by atoms with E-state index in [-0.39, 0.29) is 11.7 Å². The normalized spacial score (nSPS) is 11.9. The Bertz CT molecular complexity index is 994. The summed E-state index contributed by atoms with van der Waals surface area (Å²) in [6, 6.07) is 16.0. The molecule has 0 aliphatic carbocycles. The number of halogens is 2. The van der Waals surface area contributed by atoms with Crippen LogP contribution in [-0.4, -0.2) is 23.3 Å². The third-order valence-corrected chi connectivity index (χ3v) is 4.90. The number of aromatic nitrogens is 1. The van der Waals surface area contributed by atoms with Crippen molar-refractivity contribution in [3.63, 3.8) is 0 Å². The van der Waals surface area contributed by atoms with Crippen LogP contribution in [0.2, 0.25) is 5.02 Å². The van der Waals surface area contributed by atoms with E-state index in [4.69, 9.17) is 11.6 Å². The zero-order valence-electron chi connectivity index (χ0n) is 15.6. The fraction of sp³-hybridized carbons (Fsp3) is 0.182. The van der Waals surface area contributed by atoms with Crippen molar-refractivity contribution in [3.05, 3.63) is 87.7 Å². The lowest BCUT2D eigenvalue weighted by Crippen LogP contribution is -2.13. The van der Waals surface area contributed by atoms with Gasteiger partial charge >= 0.3 is 0 Å². The van der Waals surface area contributed by atoms with E-state index in [1.165, 1.54) is 0 Å². The molecule has 6 heteroatoms. The molecule has 0 aliphatic rings. The van der Waals surface area contributed by atoms with Crippen LogP contribution in [0.4, 0.5) is 10.1 Å². The molecular formula is C22H20ClFN2O2. The molecule has 3 rings (SSSR count). The summed E-state index contributed by atoms with van der Waals surface area (Å²) in [4.78, 5) is 27.2. The number of alkyl halides is 1. The van der Waals surface area contributed by atoms with Crippen LogP contribution in [0.1, 0.15) is 45.7 Å². The Balaban J connectivity index is 1.80. The highest BCUT2D eigenvalue weighted by molar-refractivity contribution is 6.30. The van der Waals surface area contributed by atoms with Crippen LogP contribution in [0.5, 0.6) is 0 Å². The first-order chi connectivity index (χ1) is 13.4. The minimum atomic E-state index is -1.05. The molecule has 144 valence electrons. The number of carbonyl (C=O) groups is 2. The van der Waals surface area contributed by atoms with Crippen LogP contribution >= 0.6 is 11.6 Å². The first-order valence-electron chi connectivity index (χ1n) is 8.84. The summed E-state index contributed by atoms with van der Waals surface area (Å²) in [5.74, 6) is -0.751. The van der Waals surface area contributed by atoms with Gasteiger partial charge in [0.05, 0.1) is 5.69 Å². The molecule has 0 saturated carbocycles. The molecule has 1 amide bonds. The number of ketones is 1. The van der Waals surface area contributed by atoms with Gasteiger partial charge in [-0.25, -0.2) is 4.39 Å². The molecule has 1 atom stereocenters. The summed E-state index contributed by atoms with van der Waals surface area (Å²) in [7, 11) is 0. The number of amides is 1. The van der Waals surface area contributed by atoms with Crippen molar-refractivity contribution >= 4 is 29.0 Å². The van der Waals surface area contributed by atoms with Gasteiger partial charge in [-0.2, -0.15) is 0 Å². The number of hydrogen-bond acceptors (Lipinski definition) is 2. The van der Waals surface area contributed by atoms with Gasteiger partial charge in [0.1, 0.15) is 0 Å². The Kier molecular flexibility index (Phi) is 5.95. The fourth-order valence-corrected chi connectivity index (χ4v) is 3.15. The van der Waals surface area contributed by atoms with Crippen molar-refractivity contribution in [2.24, 2.45) is 0 Å². The van der Waals surface area contributed by atoms with Crippen molar-refractivity contribution in [1.82, 2.24) is 4.98 Å². The van der Waals surface area contributed by atoms with Crippen LogP contribution in [-0.2, 0) is 4.79 Å². The van der Waals surface area contributed by atoms with Crippen LogP contribution in [0.3, 0.4) is 0 Å². The molecule has 3 aromatic rings. The van der Waals surface area contributed by atoms with Gasteiger partial charge < -0.3 is 10.3 Å². The minimum Gasteiger partial charge on any atom is -0.355 e. The van der Waals surface area contributed by atoms with Gasteiger partial charge in [-0.15, -0.1) is 0 Å². The second-order valence-electron chi connectivity index (χ2n) is 6.64. The zero-order valence-corrected chi connectivity index (χ0v) is 16.3. The highest BCUT2D eigenvalue weighted by Crippen LogP contribution is 2.27. The van der Waals surface area contributed by atoms with E-state index in [2.05, 4.69) is 10.3 Å². The fourth-order valence-electron chi connectivity index (χ4n) is 3.03. The van der Waals surface area contributed by atoms with Crippen LogP contribution in [0, 0.1) is 6.92 Å². The number of aryl methyl sites for hydroxylation is 1. The lowest BCUT2D eigenvalue weighted by atomic mass is 9.97. The van der Waals surface area contributed by atoms with E-state index in [0.29, 0.717) is 22.0 Å². The van der Waals surface area contributed by atoms with Crippen molar-refractivity contribution < 1.29 is 14.0 Å². The Labute approximate surface area is 167 Å². The van der Waals surface area contributed by atoms with Gasteiger partial charge in [0, 0.05) is 27.9 Å².